The fourth-order valence-corrected chi connectivity index (χ4v) is 3.28. The number of benzene rings is 3. The first-order valence-corrected chi connectivity index (χ1v) is 9.46. The number of aromatic amines is 1. The van der Waals surface area contributed by atoms with Crippen LogP contribution in [-0.4, -0.2) is 37.7 Å². The van der Waals surface area contributed by atoms with E-state index in [9.17, 15) is 20.1 Å². The van der Waals surface area contributed by atoms with Crippen molar-refractivity contribution in [3.8, 4) is 0 Å². The lowest BCUT2D eigenvalue weighted by Crippen LogP contribution is -2.08. The lowest BCUT2D eigenvalue weighted by molar-refractivity contribution is 0.0956. The summed E-state index contributed by atoms with van der Waals surface area (Å²) in [6.07, 6.45) is -1.09. The molecule has 0 fully saturated rings. The van der Waals surface area contributed by atoms with Crippen molar-refractivity contribution in [1.82, 2.24) is 9.97 Å². The van der Waals surface area contributed by atoms with Gasteiger partial charge in [-0.1, -0.05) is 60.7 Å². The topological polar surface area (TPSA) is 106 Å². The van der Waals surface area contributed by atoms with Crippen molar-refractivity contribution in [2.24, 2.45) is 0 Å². The van der Waals surface area contributed by atoms with Gasteiger partial charge in [0.05, 0.1) is 17.6 Å². The number of ketones is 1. The van der Waals surface area contributed by atoms with Gasteiger partial charge in [-0.3, -0.25) is 4.79 Å². The average Bonchev–Trinajstić information content (AvgIpc) is 3.22. The molecule has 0 unspecified atom stereocenters. The van der Waals surface area contributed by atoms with Gasteiger partial charge in [0.25, 0.3) is 0 Å². The Morgan fingerprint density at radius 3 is 2.37 bits per heavy atom. The molecule has 4 aromatic rings. The normalized spacial score (nSPS) is 13.1. The van der Waals surface area contributed by atoms with Crippen LogP contribution in [0.15, 0.2) is 78.9 Å². The summed E-state index contributed by atoms with van der Waals surface area (Å²) in [5.41, 5.74) is 2.60. The van der Waals surface area contributed by atoms with Crippen molar-refractivity contribution in [3.63, 3.8) is 0 Å². The number of para-hydroxylation sites is 2. The largest absolute Gasteiger partial charge is 0.506 e. The van der Waals surface area contributed by atoms with Crippen LogP contribution in [0.25, 0.3) is 22.4 Å². The Labute approximate surface area is 172 Å². The second-order valence-corrected chi connectivity index (χ2v) is 6.85. The maximum Gasteiger partial charge on any atom is 0.200 e. The summed E-state index contributed by atoms with van der Waals surface area (Å²) >= 11 is 0. The highest BCUT2D eigenvalue weighted by Crippen LogP contribution is 2.29. The summed E-state index contributed by atoms with van der Waals surface area (Å²) in [4.78, 5) is 20.9. The zero-order chi connectivity index (χ0) is 21.1. The van der Waals surface area contributed by atoms with E-state index in [0.29, 0.717) is 22.2 Å². The summed E-state index contributed by atoms with van der Waals surface area (Å²) in [6.45, 7) is -0.451. The fraction of sp³-hybridized carbons (Fsp3) is 0.0833. The number of nitrogens with one attached hydrogen (secondary N) is 1. The second-order valence-electron chi connectivity index (χ2n) is 6.85. The number of imidazole rings is 1. The van der Waals surface area contributed by atoms with Crippen molar-refractivity contribution in [3.05, 3.63) is 101 Å². The zero-order valence-electron chi connectivity index (χ0n) is 16.0. The third-order valence-corrected chi connectivity index (χ3v) is 4.84. The monoisotopic (exact) mass is 400 g/mol. The number of rotatable bonds is 6. The Morgan fingerprint density at radius 2 is 1.63 bits per heavy atom. The number of allylic oxidation sites excluding steroid dienone is 1. The summed E-state index contributed by atoms with van der Waals surface area (Å²) < 4.78 is 0. The molecule has 0 aliphatic carbocycles. The molecule has 0 amide bonds. The van der Waals surface area contributed by atoms with E-state index >= 15 is 0 Å². The highest BCUT2D eigenvalue weighted by Gasteiger charge is 2.24. The molecule has 0 aliphatic heterocycles. The quantitative estimate of drug-likeness (QED) is 0.223. The van der Waals surface area contributed by atoms with Crippen molar-refractivity contribution in [2.45, 2.75) is 6.10 Å². The molecule has 150 valence electrons. The van der Waals surface area contributed by atoms with Crippen molar-refractivity contribution >= 4 is 28.1 Å². The molecular formula is C24H20N2O4. The highest BCUT2D eigenvalue weighted by atomic mass is 16.3. The molecule has 0 aliphatic rings. The van der Waals surface area contributed by atoms with Crippen LogP contribution in [-0.2, 0) is 0 Å². The van der Waals surface area contributed by atoms with E-state index in [1.54, 1.807) is 48.5 Å². The molecule has 0 bridgehead atoms. The van der Waals surface area contributed by atoms with Gasteiger partial charge in [-0.15, -0.1) is 0 Å². The molecule has 0 saturated carbocycles. The second kappa shape index (κ2) is 8.32. The molecule has 1 atom stereocenters. The number of H-pyrrole nitrogens is 1. The van der Waals surface area contributed by atoms with Crippen molar-refractivity contribution < 1.29 is 20.1 Å². The van der Waals surface area contributed by atoms with Crippen molar-refractivity contribution in [2.75, 3.05) is 6.61 Å². The predicted molar refractivity (Wildman–Crippen MR) is 115 cm³/mol. The summed E-state index contributed by atoms with van der Waals surface area (Å²) in [7, 11) is 0. The minimum atomic E-state index is -1.09. The first-order chi connectivity index (χ1) is 14.6. The van der Waals surface area contributed by atoms with E-state index in [4.69, 9.17) is 0 Å². The van der Waals surface area contributed by atoms with E-state index in [1.807, 2.05) is 24.3 Å². The maximum absolute atomic E-state index is 13.3. The van der Waals surface area contributed by atoms with Gasteiger partial charge in [0, 0.05) is 11.1 Å². The van der Waals surface area contributed by atoms with Crippen molar-refractivity contribution in [1.29, 1.82) is 0 Å². The Hall–Kier alpha value is -3.74. The molecule has 0 spiro atoms. The lowest BCUT2D eigenvalue weighted by atomic mass is 9.97. The predicted octanol–water partition coefficient (Wildman–Crippen LogP) is 3.90. The minimum absolute atomic E-state index is 0.0213. The molecule has 0 radical (unpaired) electrons. The summed E-state index contributed by atoms with van der Waals surface area (Å²) in [6, 6.07) is 22.4. The Morgan fingerprint density at radius 1 is 0.933 bits per heavy atom. The Bertz CT molecular complexity index is 1200. The lowest BCUT2D eigenvalue weighted by Gasteiger charge is -2.12. The molecule has 3 aromatic carbocycles. The van der Waals surface area contributed by atoms with E-state index in [2.05, 4.69) is 9.97 Å². The molecule has 6 heteroatoms. The molecule has 0 saturated heterocycles. The number of fused-ring (bicyclic) bond motifs is 1. The SMILES string of the molecule is O=C(C(=C(O)c1cccc([C@@H](O)CO)c1)c1nc2ccccc2[nH]1)c1ccccc1. The molecule has 4 N–H and O–H groups in total. The van der Waals surface area contributed by atoms with Crippen LogP contribution >= 0.6 is 0 Å². The first kappa shape index (κ1) is 19.6. The first-order valence-electron chi connectivity index (χ1n) is 9.46. The van der Waals surface area contributed by atoms with Gasteiger partial charge in [-0.05, 0) is 23.8 Å². The molecule has 4 rings (SSSR count). The number of aromatic nitrogens is 2. The van der Waals surface area contributed by atoms with E-state index < -0.39 is 12.7 Å². The van der Waals surface area contributed by atoms with Gasteiger partial charge in [0.1, 0.15) is 23.3 Å². The highest BCUT2D eigenvalue weighted by molar-refractivity contribution is 6.33. The average molecular weight is 400 g/mol. The number of carbonyl (C=O) groups excluding carboxylic acids is 1. The van der Waals surface area contributed by atoms with Crippen LogP contribution in [0.1, 0.15) is 33.4 Å². The van der Waals surface area contributed by atoms with Gasteiger partial charge in [0.15, 0.2) is 0 Å². The zero-order valence-corrected chi connectivity index (χ0v) is 16.0. The number of aliphatic hydroxyl groups excluding tert-OH is 3. The van der Waals surface area contributed by atoms with Crippen LogP contribution in [0.4, 0.5) is 0 Å². The fourth-order valence-electron chi connectivity index (χ4n) is 3.28. The van der Waals surface area contributed by atoms with Crippen LogP contribution < -0.4 is 0 Å². The Kier molecular flexibility index (Phi) is 5.43. The molecule has 1 heterocycles. The number of nitrogens with zero attached hydrogens (tertiary/aromatic N) is 1. The van der Waals surface area contributed by atoms with E-state index in [-0.39, 0.29) is 22.9 Å². The molecule has 6 nitrogen and oxygen atoms in total. The third-order valence-electron chi connectivity index (χ3n) is 4.84. The van der Waals surface area contributed by atoms with Gasteiger partial charge in [-0.25, -0.2) is 4.98 Å². The molecule has 1 aromatic heterocycles. The minimum Gasteiger partial charge on any atom is -0.506 e. The number of hydrogen-bond acceptors (Lipinski definition) is 5. The van der Waals surface area contributed by atoms with Crippen LogP contribution in [0.3, 0.4) is 0 Å². The standard InChI is InChI=1S/C24H20N2O4/c27-14-20(28)16-9-6-10-17(13-16)23(30)21(22(29)15-7-2-1-3-8-15)24-25-18-11-4-5-12-19(18)26-24/h1-13,20,27-28,30H,14H2,(H,25,26)/t20-/m0/s1. The van der Waals surface area contributed by atoms with Gasteiger partial charge in [0.2, 0.25) is 5.78 Å². The van der Waals surface area contributed by atoms with E-state index in [0.717, 1.165) is 5.52 Å². The van der Waals surface area contributed by atoms with E-state index in [1.165, 1.54) is 6.07 Å². The smallest absolute Gasteiger partial charge is 0.200 e. The molecular weight excluding hydrogens is 380 g/mol. The summed E-state index contributed by atoms with van der Waals surface area (Å²) in [5.74, 6) is -0.411. The van der Waals surface area contributed by atoms with Crippen LogP contribution in [0, 0.1) is 0 Å². The Balaban J connectivity index is 1.91. The number of carbonyl (C=O) groups is 1. The molecule has 30 heavy (non-hydrogen) atoms. The summed E-state index contributed by atoms with van der Waals surface area (Å²) in [5, 5.41) is 30.3. The third kappa shape index (κ3) is 3.74. The number of Topliss-reactive ketones (excluding diaryl/α,β-unsaturated/α-hetero) is 1. The van der Waals surface area contributed by atoms with Gasteiger partial charge >= 0.3 is 0 Å². The van der Waals surface area contributed by atoms with Crippen LogP contribution in [0.5, 0.6) is 0 Å². The number of hydrogen-bond donors (Lipinski definition) is 4. The maximum atomic E-state index is 13.3. The number of aliphatic hydroxyl groups is 3. The van der Waals surface area contributed by atoms with Gasteiger partial charge in [-0.2, -0.15) is 0 Å². The van der Waals surface area contributed by atoms with Gasteiger partial charge < -0.3 is 20.3 Å². The van der Waals surface area contributed by atoms with Crippen LogP contribution in [0.2, 0.25) is 0 Å².